The molecule has 3 atom stereocenters. The quantitative estimate of drug-likeness (QED) is 0.809. The molecule has 4 heteroatoms. The van der Waals surface area contributed by atoms with E-state index in [2.05, 4.69) is 0 Å². The van der Waals surface area contributed by atoms with Gasteiger partial charge in [0.05, 0.1) is 13.2 Å². The van der Waals surface area contributed by atoms with Crippen molar-refractivity contribution in [3.63, 3.8) is 0 Å². The van der Waals surface area contributed by atoms with Gasteiger partial charge in [-0.05, 0) is 25.3 Å². The third kappa shape index (κ3) is 4.25. The van der Waals surface area contributed by atoms with Crippen LogP contribution in [0.3, 0.4) is 0 Å². The molecule has 0 bridgehead atoms. The predicted molar refractivity (Wildman–Crippen MR) is 92.5 cm³/mol. The lowest BCUT2D eigenvalue weighted by atomic mass is 9.94. The second-order valence-corrected chi connectivity index (χ2v) is 6.72. The van der Waals surface area contributed by atoms with E-state index in [4.69, 9.17) is 14.2 Å². The van der Waals surface area contributed by atoms with Gasteiger partial charge in [0.25, 0.3) is 0 Å². The first-order valence-electron chi connectivity index (χ1n) is 9.01. The third-order valence-corrected chi connectivity index (χ3v) is 4.88. The molecule has 2 aliphatic rings. The van der Waals surface area contributed by atoms with E-state index >= 15 is 0 Å². The van der Waals surface area contributed by atoms with Crippen molar-refractivity contribution < 1.29 is 19.3 Å². The molecule has 24 heavy (non-hydrogen) atoms. The average Bonchev–Trinajstić information content (AvgIpc) is 3.03. The van der Waals surface area contributed by atoms with Crippen molar-refractivity contribution in [3.8, 4) is 0 Å². The van der Waals surface area contributed by atoms with Crippen LogP contribution >= 0.6 is 0 Å². The van der Waals surface area contributed by atoms with Gasteiger partial charge in [0.15, 0.2) is 5.79 Å². The van der Waals surface area contributed by atoms with Crippen molar-refractivity contribution in [1.82, 2.24) is 0 Å². The van der Waals surface area contributed by atoms with E-state index in [1.54, 1.807) is 0 Å². The minimum absolute atomic E-state index is 0.333. The van der Waals surface area contributed by atoms with Gasteiger partial charge in [0, 0.05) is 12.8 Å². The standard InChI is InChI=1S/C20H28O4/c1-2-9-17(22-14-16-10-5-3-6-11-16)19(21)18-15-23-20(24-18)12-7-4-8-13-20/h2-3,5-6,9-11,17-19,21H,4,7-8,12-15H2,1H3/b9-2+/t17-,18-,19-/m0/s1. The summed E-state index contributed by atoms with van der Waals surface area (Å²) in [4.78, 5) is 0. The van der Waals surface area contributed by atoms with Crippen LogP contribution in [0.4, 0.5) is 0 Å². The summed E-state index contributed by atoms with van der Waals surface area (Å²) in [5.41, 5.74) is 1.09. The number of hydrogen-bond donors (Lipinski definition) is 1. The van der Waals surface area contributed by atoms with Gasteiger partial charge < -0.3 is 19.3 Å². The second-order valence-electron chi connectivity index (χ2n) is 6.72. The zero-order valence-electron chi connectivity index (χ0n) is 14.4. The number of aliphatic hydroxyl groups excluding tert-OH is 1. The highest BCUT2D eigenvalue weighted by molar-refractivity contribution is 5.13. The van der Waals surface area contributed by atoms with E-state index in [1.807, 2.05) is 49.4 Å². The molecule has 1 saturated heterocycles. The summed E-state index contributed by atoms with van der Waals surface area (Å²) in [6.45, 7) is 2.83. The number of rotatable bonds is 6. The SMILES string of the molecule is C/C=C/[C@H](OCc1ccccc1)[C@H](O)[C@@H]1COC2(CCCCC2)O1. The van der Waals surface area contributed by atoms with Gasteiger partial charge in [-0.15, -0.1) is 0 Å². The monoisotopic (exact) mass is 332 g/mol. The Morgan fingerprint density at radius 2 is 2.00 bits per heavy atom. The molecule has 1 aliphatic carbocycles. The number of aliphatic hydroxyl groups is 1. The fourth-order valence-corrected chi connectivity index (χ4v) is 3.53. The molecule has 1 aromatic carbocycles. The van der Waals surface area contributed by atoms with Gasteiger partial charge in [0.1, 0.15) is 18.3 Å². The predicted octanol–water partition coefficient (Wildman–Crippen LogP) is 3.58. The van der Waals surface area contributed by atoms with Crippen molar-refractivity contribution in [3.05, 3.63) is 48.0 Å². The Balaban J connectivity index is 1.59. The lowest BCUT2D eigenvalue weighted by molar-refractivity contribution is -0.201. The number of ether oxygens (including phenoxy) is 3. The fraction of sp³-hybridized carbons (Fsp3) is 0.600. The van der Waals surface area contributed by atoms with Gasteiger partial charge in [0.2, 0.25) is 0 Å². The highest BCUT2D eigenvalue weighted by Gasteiger charge is 2.45. The number of allylic oxidation sites excluding steroid dienone is 1. The molecule has 0 amide bonds. The van der Waals surface area contributed by atoms with Crippen molar-refractivity contribution in [2.24, 2.45) is 0 Å². The van der Waals surface area contributed by atoms with Crippen LogP contribution in [0.25, 0.3) is 0 Å². The molecular weight excluding hydrogens is 304 g/mol. The average molecular weight is 332 g/mol. The molecule has 1 N–H and O–H groups in total. The van der Waals surface area contributed by atoms with Gasteiger partial charge in [-0.1, -0.05) is 48.9 Å². The number of hydrogen-bond acceptors (Lipinski definition) is 4. The molecule has 1 spiro atoms. The molecule has 0 aromatic heterocycles. The van der Waals surface area contributed by atoms with Crippen molar-refractivity contribution in [2.45, 2.75) is 69.7 Å². The molecular formula is C20H28O4. The van der Waals surface area contributed by atoms with Crippen LogP contribution in [0.5, 0.6) is 0 Å². The van der Waals surface area contributed by atoms with Gasteiger partial charge in [-0.25, -0.2) is 0 Å². The van der Waals surface area contributed by atoms with Crippen LogP contribution in [0.1, 0.15) is 44.6 Å². The Hall–Kier alpha value is -1.20. The lowest BCUT2D eigenvalue weighted by Crippen LogP contribution is -2.41. The van der Waals surface area contributed by atoms with E-state index < -0.39 is 18.0 Å². The summed E-state index contributed by atoms with van der Waals surface area (Å²) in [6.07, 6.45) is 7.69. The molecule has 0 unspecified atom stereocenters. The highest BCUT2D eigenvalue weighted by atomic mass is 16.7. The molecule has 0 radical (unpaired) electrons. The maximum absolute atomic E-state index is 10.8. The van der Waals surface area contributed by atoms with Crippen LogP contribution in [-0.2, 0) is 20.8 Å². The minimum atomic E-state index is -0.730. The first kappa shape index (κ1) is 17.6. The summed E-state index contributed by atoms with van der Waals surface area (Å²) in [5.74, 6) is -0.468. The van der Waals surface area contributed by atoms with Crippen LogP contribution < -0.4 is 0 Å². The molecule has 1 heterocycles. The summed E-state index contributed by atoms with van der Waals surface area (Å²) in [5, 5.41) is 10.8. The normalized spacial score (nSPS) is 26.0. The topological polar surface area (TPSA) is 47.9 Å². The molecule has 1 aliphatic heterocycles. The molecule has 4 nitrogen and oxygen atoms in total. The zero-order valence-corrected chi connectivity index (χ0v) is 14.4. The maximum Gasteiger partial charge on any atom is 0.169 e. The Labute approximate surface area is 144 Å². The second kappa shape index (κ2) is 8.26. The van der Waals surface area contributed by atoms with Gasteiger partial charge in [-0.3, -0.25) is 0 Å². The van der Waals surface area contributed by atoms with Crippen LogP contribution in [0.15, 0.2) is 42.5 Å². The lowest BCUT2D eigenvalue weighted by Gasteiger charge is -2.33. The molecule has 132 valence electrons. The Morgan fingerprint density at radius 3 is 2.71 bits per heavy atom. The van der Waals surface area contributed by atoms with Crippen LogP contribution in [-0.4, -0.2) is 35.8 Å². The van der Waals surface area contributed by atoms with Gasteiger partial charge in [-0.2, -0.15) is 0 Å². The first-order valence-corrected chi connectivity index (χ1v) is 9.01. The van der Waals surface area contributed by atoms with Crippen molar-refractivity contribution in [1.29, 1.82) is 0 Å². The van der Waals surface area contributed by atoms with E-state index in [9.17, 15) is 5.11 Å². The maximum atomic E-state index is 10.8. The van der Waals surface area contributed by atoms with Crippen LogP contribution in [0.2, 0.25) is 0 Å². The van der Waals surface area contributed by atoms with E-state index in [0.29, 0.717) is 13.2 Å². The fourth-order valence-electron chi connectivity index (χ4n) is 3.53. The largest absolute Gasteiger partial charge is 0.387 e. The third-order valence-electron chi connectivity index (χ3n) is 4.88. The molecule has 1 saturated carbocycles. The van der Waals surface area contributed by atoms with Gasteiger partial charge >= 0.3 is 0 Å². The smallest absolute Gasteiger partial charge is 0.169 e. The minimum Gasteiger partial charge on any atom is -0.387 e. The van der Waals surface area contributed by atoms with Crippen molar-refractivity contribution in [2.75, 3.05) is 6.61 Å². The first-order chi connectivity index (χ1) is 11.7. The molecule has 2 fully saturated rings. The molecule has 3 rings (SSSR count). The van der Waals surface area contributed by atoms with Crippen molar-refractivity contribution >= 4 is 0 Å². The molecule has 1 aromatic rings. The van der Waals surface area contributed by atoms with Crippen LogP contribution in [0, 0.1) is 0 Å². The summed E-state index contributed by atoms with van der Waals surface area (Å²) in [6, 6.07) is 9.99. The summed E-state index contributed by atoms with van der Waals surface area (Å²) < 4.78 is 18.0. The van der Waals surface area contributed by atoms with E-state index in [1.165, 1.54) is 6.42 Å². The zero-order chi connectivity index (χ0) is 16.8. The Morgan fingerprint density at radius 1 is 1.25 bits per heavy atom. The Kier molecular flexibility index (Phi) is 6.06. The highest BCUT2D eigenvalue weighted by Crippen LogP contribution is 2.39. The Bertz CT molecular complexity index is 522. The van der Waals surface area contributed by atoms with E-state index in [-0.39, 0.29) is 6.10 Å². The van der Waals surface area contributed by atoms with E-state index in [0.717, 1.165) is 31.2 Å². The number of benzene rings is 1. The summed E-state index contributed by atoms with van der Waals surface area (Å²) in [7, 11) is 0. The summed E-state index contributed by atoms with van der Waals surface area (Å²) >= 11 is 0.